The monoisotopic (exact) mass is 423 g/mol. The van der Waals surface area contributed by atoms with E-state index < -0.39 is 5.83 Å². The van der Waals surface area contributed by atoms with Crippen molar-refractivity contribution in [3.05, 3.63) is 62.6 Å². The molecule has 0 spiro atoms. The molecule has 0 fully saturated rings. The van der Waals surface area contributed by atoms with Gasteiger partial charge in [0.2, 0.25) is 0 Å². The van der Waals surface area contributed by atoms with Gasteiger partial charge in [0.25, 0.3) is 0 Å². The van der Waals surface area contributed by atoms with E-state index in [4.69, 9.17) is 11.6 Å². The maximum atomic E-state index is 13.5. The number of thioether (sulfide) groups is 2. The largest absolute Gasteiger partial charge is 0.357 e. The Bertz CT molecular complexity index is 852. The summed E-state index contributed by atoms with van der Waals surface area (Å²) in [4.78, 5) is 5.21. The molecule has 0 saturated heterocycles. The molecule has 0 aliphatic heterocycles. The number of aryl methyl sites for hydroxylation is 1. The van der Waals surface area contributed by atoms with Gasteiger partial charge in [-0.3, -0.25) is 4.98 Å². The van der Waals surface area contributed by atoms with E-state index in [1.54, 1.807) is 30.4 Å². The third kappa shape index (κ3) is 6.46. The van der Waals surface area contributed by atoms with Gasteiger partial charge in [-0.25, -0.2) is 4.39 Å². The number of halogens is 2. The van der Waals surface area contributed by atoms with Gasteiger partial charge in [-0.2, -0.15) is 5.26 Å². The van der Waals surface area contributed by atoms with Crippen molar-refractivity contribution in [2.24, 2.45) is 0 Å². The lowest BCUT2D eigenvalue weighted by atomic mass is 10.2. The molecule has 3 nitrogen and oxygen atoms in total. The van der Waals surface area contributed by atoms with Gasteiger partial charge in [-0.15, -0.1) is 11.8 Å². The quantitative estimate of drug-likeness (QED) is 0.351. The van der Waals surface area contributed by atoms with Crippen LogP contribution in [0.2, 0.25) is 0 Å². The number of anilines is 1. The molecule has 0 atom stereocenters. The molecule has 0 aliphatic rings. The molecular formula is C20H23ClFN3S2. The minimum absolute atomic E-state index is 0.0555. The first-order chi connectivity index (χ1) is 12.8. The second kappa shape index (κ2) is 11.2. The van der Waals surface area contributed by atoms with Gasteiger partial charge in [-0.05, 0) is 45.6 Å². The number of nitrogens with one attached hydrogen (secondary N) is 1. The van der Waals surface area contributed by atoms with Gasteiger partial charge in [0, 0.05) is 16.1 Å². The second-order valence-corrected chi connectivity index (χ2v) is 8.16. The van der Waals surface area contributed by atoms with Crippen LogP contribution in [0.15, 0.2) is 56.2 Å². The lowest BCUT2D eigenvalue weighted by Crippen LogP contribution is -2.03. The van der Waals surface area contributed by atoms with E-state index in [0.717, 1.165) is 27.3 Å². The zero-order valence-corrected chi connectivity index (χ0v) is 18.5. The summed E-state index contributed by atoms with van der Waals surface area (Å²) in [6.07, 6.45) is 7.02. The number of hydrogen-bond acceptors (Lipinski definition) is 5. The van der Waals surface area contributed by atoms with Gasteiger partial charge >= 0.3 is 0 Å². The van der Waals surface area contributed by atoms with Crippen LogP contribution in [0, 0.1) is 18.3 Å². The number of nitrogens with zero attached hydrogens (tertiary/aromatic N) is 2. The van der Waals surface area contributed by atoms with Gasteiger partial charge in [-0.1, -0.05) is 42.4 Å². The molecule has 0 amide bonds. The van der Waals surface area contributed by atoms with Crippen molar-refractivity contribution in [2.75, 3.05) is 11.6 Å². The van der Waals surface area contributed by atoms with E-state index in [2.05, 4.69) is 36.8 Å². The van der Waals surface area contributed by atoms with Crippen LogP contribution in [-0.4, -0.2) is 11.2 Å². The fourth-order valence-electron chi connectivity index (χ4n) is 2.05. The first kappa shape index (κ1) is 23.4. The van der Waals surface area contributed by atoms with E-state index in [-0.39, 0.29) is 5.03 Å². The Morgan fingerprint density at radius 1 is 1.48 bits per heavy atom. The van der Waals surface area contributed by atoms with Crippen molar-refractivity contribution >= 4 is 40.8 Å². The van der Waals surface area contributed by atoms with Crippen LogP contribution in [0.3, 0.4) is 0 Å². The Morgan fingerprint density at radius 2 is 2.15 bits per heavy atom. The summed E-state index contributed by atoms with van der Waals surface area (Å²) in [6.45, 7) is 11.2. The van der Waals surface area contributed by atoms with Crippen LogP contribution < -0.4 is 5.32 Å². The lowest BCUT2D eigenvalue weighted by Gasteiger charge is -2.17. The Balaban J connectivity index is 3.46. The fourth-order valence-corrected chi connectivity index (χ4v) is 4.34. The minimum Gasteiger partial charge on any atom is -0.357 e. The molecule has 0 bridgehead atoms. The summed E-state index contributed by atoms with van der Waals surface area (Å²) in [5.41, 5.74) is 3.73. The highest BCUT2D eigenvalue weighted by molar-refractivity contribution is 8.22. The van der Waals surface area contributed by atoms with Crippen molar-refractivity contribution in [1.29, 1.82) is 5.26 Å². The Hall–Kier alpha value is -1.68. The molecule has 0 unspecified atom stereocenters. The third-order valence-corrected chi connectivity index (χ3v) is 6.66. The summed E-state index contributed by atoms with van der Waals surface area (Å²) in [5, 5.41) is 12.7. The Morgan fingerprint density at radius 3 is 2.67 bits per heavy atom. The number of hydrogen-bond donors (Lipinski definition) is 1. The molecule has 0 radical (unpaired) electrons. The first-order valence-electron chi connectivity index (χ1n) is 8.23. The van der Waals surface area contributed by atoms with Crippen LogP contribution in [-0.2, 0) is 0 Å². The predicted octanol–water partition coefficient (Wildman–Crippen LogP) is 7.28. The van der Waals surface area contributed by atoms with Crippen LogP contribution in [0.5, 0.6) is 0 Å². The van der Waals surface area contributed by atoms with Crippen molar-refractivity contribution in [1.82, 2.24) is 4.98 Å². The van der Waals surface area contributed by atoms with Gasteiger partial charge < -0.3 is 5.32 Å². The van der Waals surface area contributed by atoms with Crippen LogP contribution >= 0.6 is 35.1 Å². The molecule has 0 aromatic carbocycles. The molecule has 27 heavy (non-hydrogen) atoms. The standard InChI is InChI=1S/C20H23ClFN3S2/c1-7-12(3)20(26-6)27-19-14(5)24-11-15(10-23)18(19)25-13(4)9-16(21)17(22)8-2/h8-9,11H,2,7H2,1,3-6H3,(H,24,25)/b13-9+,17-16-,20-12?. The molecule has 144 valence electrons. The topological polar surface area (TPSA) is 48.7 Å². The van der Waals surface area contributed by atoms with Crippen LogP contribution in [0.4, 0.5) is 10.1 Å². The first-order valence-corrected chi connectivity index (χ1v) is 10.6. The van der Waals surface area contributed by atoms with E-state index in [1.807, 2.05) is 13.2 Å². The minimum atomic E-state index is -0.606. The van der Waals surface area contributed by atoms with Gasteiger partial charge in [0.05, 0.1) is 26.9 Å². The summed E-state index contributed by atoms with van der Waals surface area (Å²) in [6, 6.07) is 2.17. The second-order valence-electron chi connectivity index (χ2n) is 5.65. The fraction of sp³-hybridized carbons (Fsp3) is 0.300. The van der Waals surface area contributed by atoms with E-state index in [1.165, 1.54) is 17.8 Å². The van der Waals surface area contributed by atoms with Crippen molar-refractivity contribution in [3.8, 4) is 6.07 Å². The van der Waals surface area contributed by atoms with Crippen molar-refractivity contribution in [3.63, 3.8) is 0 Å². The van der Waals surface area contributed by atoms with Gasteiger partial charge in [0.1, 0.15) is 11.9 Å². The molecule has 1 aromatic rings. The summed E-state index contributed by atoms with van der Waals surface area (Å²) in [5.74, 6) is -0.606. The lowest BCUT2D eigenvalue weighted by molar-refractivity contribution is 0.665. The van der Waals surface area contributed by atoms with E-state index in [0.29, 0.717) is 16.9 Å². The highest BCUT2D eigenvalue weighted by Crippen LogP contribution is 2.42. The number of nitriles is 1. The highest BCUT2D eigenvalue weighted by atomic mass is 35.5. The summed E-state index contributed by atoms with van der Waals surface area (Å²) in [7, 11) is 0. The van der Waals surface area contributed by atoms with Crippen molar-refractivity contribution in [2.45, 2.75) is 39.0 Å². The zero-order chi connectivity index (χ0) is 20.6. The number of aromatic nitrogens is 1. The SMILES string of the molecule is C=C/C(F)=C(Cl)\C=C(/C)Nc1c(C#N)cnc(C)c1SC(SC)=C(C)CC. The van der Waals surface area contributed by atoms with Crippen LogP contribution in [0.25, 0.3) is 0 Å². The molecule has 1 heterocycles. The maximum Gasteiger partial charge on any atom is 0.141 e. The van der Waals surface area contributed by atoms with E-state index >= 15 is 0 Å². The van der Waals surface area contributed by atoms with E-state index in [9.17, 15) is 9.65 Å². The summed E-state index contributed by atoms with van der Waals surface area (Å²) < 4.78 is 14.7. The number of allylic oxidation sites excluding steroid dienone is 6. The molecule has 1 aromatic heterocycles. The van der Waals surface area contributed by atoms with Gasteiger partial charge in [0.15, 0.2) is 0 Å². The Labute approximate surface area is 174 Å². The number of pyridine rings is 1. The highest BCUT2D eigenvalue weighted by Gasteiger charge is 2.16. The maximum absolute atomic E-state index is 13.5. The Kier molecular flexibility index (Phi) is 9.71. The molecule has 1 N–H and O–H groups in total. The average molecular weight is 424 g/mol. The molecule has 1 rings (SSSR count). The third-order valence-electron chi connectivity index (χ3n) is 3.66. The molecule has 0 saturated carbocycles. The number of rotatable bonds is 8. The molecule has 0 aliphatic carbocycles. The molecular weight excluding hydrogens is 401 g/mol. The summed E-state index contributed by atoms with van der Waals surface area (Å²) >= 11 is 9.17. The van der Waals surface area contributed by atoms with Crippen molar-refractivity contribution < 1.29 is 4.39 Å². The normalized spacial score (nSPS) is 13.5. The van der Waals surface area contributed by atoms with Crippen LogP contribution in [0.1, 0.15) is 38.4 Å². The average Bonchev–Trinajstić information content (AvgIpc) is 2.66. The predicted molar refractivity (Wildman–Crippen MR) is 118 cm³/mol. The zero-order valence-electron chi connectivity index (χ0n) is 16.1. The molecule has 7 heteroatoms. The smallest absolute Gasteiger partial charge is 0.141 e.